The van der Waals surface area contributed by atoms with E-state index in [0.29, 0.717) is 17.9 Å². The first-order chi connectivity index (χ1) is 9.16. The molecule has 0 unspecified atom stereocenters. The van der Waals surface area contributed by atoms with E-state index < -0.39 is 0 Å². The van der Waals surface area contributed by atoms with Crippen LogP contribution in [0.4, 0.5) is 0 Å². The molecule has 4 heteroatoms. The maximum Gasteiger partial charge on any atom is 0.219 e. The van der Waals surface area contributed by atoms with Gasteiger partial charge in [-0.25, -0.2) is 0 Å². The second kappa shape index (κ2) is 6.38. The molecule has 0 aliphatic rings. The minimum atomic E-state index is -0.0706. The summed E-state index contributed by atoms with van der Waals surface area (Å²) >= 11 is 1.23. The largest absolute Gasteiger partial charge is 0.356 e. The summed E-state index contributed by atoms with van der Waals surface area (Å²) in [5.74, 6) is 0.518. The Bertz CT molecular complexity index is 610. The van der Waals surface area contributed by atoms with E-state index in [1.54, 1.807) is 0 Å². The third-order valence-electron chi connectivity index (χ3n) is 2.69. The van der Waals surface area contributed by atoms with Crippen molar-refractivity contribution >= 4 is 33.6 Å². The van der Waals surface area contributed by atoms with Crippen molar-refractivity contribution in [2.45, 2.75) is 6.92 Å². The van der Waals surface area contributed by atoms with Crippen molar-refractivity contribution in [3.63, 3.8) is 0 Å². The highest BCUT2D eigenvalue weighted by Gasteiger charge is 2.07. The zero-order chi connectivity index (χ0) is 13.7. The highest BCUT2D eigenvalue weighted by molar-refractivity contribution is 8.14. The van der Waals surface area contributed by atoms with Gasteiger partial charge >= 0.3 is 0 Å². The summed E-state index contributed by atoms with van der Waals surface area (Å²) in [6.07, 6.45) is 0. The van der Waals surface area contributed by atoms with Gasteiger partial charge in [-0.3, -0.25) is 9.59 Å². The quantitative estimate of drug-likeness (QED) is 0.871. The first kappa shape index (κ1) is 13.6. The van der Waals surface area contributed by atoms with Crippen LogP contribution in [-0.2, 0) is 4.79 Å². The lowest BCUT2D eigenvalue weighted by molar-refractivity contribution is -0.118. The normalized spacial score (nSPS) is 10.4. The molecule has 0 fully saturated rings. The molecule has 19 heavy (non-hydrogen) atoms. The average molecular weight is 273 g/mol. The van der Waals surface area contributed by atoms with Crippen molar-refractivity contribution in [2.75, 3.05) is 12.3 Å². The van der Waals surface area contributed by atoms with E-state index in [1.165, 1.54) is 18.7 Å². The van der Waals surface area contributed by atoms with E-state index in [-0.39, 0.29) is 11.0 Å². The van der Waals surface area contributed by atoms with Gasteiger partial charge in [0.15, 0.2) is 0 Å². The Balaban J connectivity index is 1.99. The molecule has 0 saturated carbocycles. The van der Waals surface area contributed by atoms with Gasteiger partial charge in [0.1, 0.15) is 0 Å². The third kappa shape index (κ3) is 3.83. The van der Waals surface area contributed by atoms with Crippen molar-refractivity contribution in [3.8, 4) is 0 Å². The van der Waals surface area contributed by atoms with Crippen LogP contribution in [0.25, 0.3) is 10.8 Å². The zero-order valence-electron chi connectivity index (χ0n) is 10.7. The van der Waals surface area contributed by atoms with Gasteiger partial charge in [-0.2, -0.15) is 0 Å². The Hall–Kier alpha value is -1.81. The summed E-state index contributed by atoms with van der Waals surface area (Å²) in [4.78, 5) is 22.7. The number of amides is 1. The van der Waals surface area contributed by atoms with Gasteiger partial charge in [0.25, 0.3) is 0 Å². The molecule has 0 saturated heterocycles. The van der Waals surface area contributed by atoms with E-state index >= 15 is 0 Å². The van der Waals surface area contributed by atoms with Crippen molar-refractivity contribution in [1.29, 1.82) is 0 Å². The standard InChI is InChI=1S/C15H15NO2S/c1-11(17)16-8-9-19-15(18)14-7-6-12-4-2-3-5-13(12)10-14/h2-7,10H,8-9H2,1H3,(H,16,17). The Morgan fingerprint density at radius 2 is 1.84 bits per heavy atom. The number of hydrogen-bond acceptors (Lipinski definition) is 3. The molecule has 3 nitrogen and oxygen atoms in total. The summed E-state index contributed by atoms with van der Waals surface area (Å²) < 4.78 is 0. The van der Waals surface area contributed by atoms with E-state index in [2.05, 4.69) is 5.32 Å². The highest BCUT2D eigenvalue weighted by atomic mass is 32.2. The lowest BCUT2D eigenvalue weighted by atomic mass is 10.1. The van der Waals surface area contributed by atoms with Gasteiger partial charge in [0.05, 0.1) is 0 Å². The van der Waals surface area contributed by atoms with Crippen molar-refractivity contribution in [1.82, 2.24) is 5.32 Å². The van der Waals surface area contributed by atoms with Gasteiger partial charge in [-0.15, -0.1) is 0 Å². The number of carbonyl (C=O) groups excluding carboxylic acids is 2. The zero-order valence-corrected chi connectivity index (χ0v) is 11.5. The van der Waals surface area contributed by atoms with Crippen LogP contribution < -0.4 is 5.32 Å². The second-order valence-electron chi connectivity index (χ2n) is 4.18. The second-order valence-corrected chi connectivity index (χ2v) is 5.25. The Morgan fingerprint density at radius 1 is 1.11 bits per heavy atom. The van der Waals surface area contributed by atoms with Crippen LogP contribution in [0.5, 0.6) is 0 Å². The predicted molar refractivity (Wildman–Crippen MR) is 79.4 cm³/mol. The summed E-state index contributed by atoms with van der Waals surface area (Å²) in [6, 6.07) is 13.7. The van der Waals surface area contributed by atoms with E-state index in [0.717, 1.165) is 10.8 Å². The SMILES string of the molecule is CC(=O)NCCSC(=O)c1ccc2ccccc2c1. The maximum absolute atomic E-state index is 12.0. The van der Waals surface area contributed by atoms with Crippen LogP contribution in [0.3, 0.4) is 0 Å². The topological polar surface area (TPSA) is 46.2 Å². The minimum absolute atomic E-state index is 0.0381. The number of nitrogens with one attached hydrogen (secondary N) is 1. The van der Waals surface area contributed by atoms with Gasteiger partial charge in [-0.1, -0.05) is 42.1 Å². The molecule has 2 aromatic rings. The number of benzene rings is 2. The molecule has 1 amide bonds. The van der Waals surface area contributed by atoms with Crippen molar-refractivity contribution < 1.29 is 9.59 Å². The third-order valence-corrected chi connectivity index (χ3v) is 3.60. The molecule has 0 aliphatic heterocycles. The Labute approximate surface area is 116 Å². The molecule has 0 bridgehead atoms. The van der Waals surface area contributed by atoms with Gasteiger partial charge in [0, 0.05) is 24.8 Å². The minimum Gasteiger partial charge on any atom is -0.356 e. The summed E-state index contributed by atoms with van der Waals surface area (Å²) in [5.41, 5.74) is 0.700. The fourth-order valence-electron chi connectivity index (χ4n) is 1.77. The number of hydrogen-bond donors (Lipinski definition) is 1. The molecular weight excluding hydrogens is 258 g/mol. The first-order valence-corrected chi connectivity index (χ1v) is 7.06. The highest BCUT2D eigenvalue weighted by Crippen LogP contribution is 2.19. The molecule has 0 aromatic heterocycles. The smallest absolute Gasteiger partial charge is 0.219 e. The van der Waals surface area contributed by atoms with E-state index in [9.17, 15) is 9.59 Å². The van der Waals surface area contributed by atoms with Gasteiger partial charge in [-0.05, 0) is 22.9 Å². The van der Waals surface area contributed by atoms with E-state index in [1.807, 2.05) is 42.5 Å². The average Bonchev–Trinajstić information content (AvgIpc) is 2.42. The Kier molecular flexibility index (Phi) is 4.58. The molecule has 0 radical (unpaired) electrons. The van der Waals surface area contributed by atoms with Crippen molar-refractivity contribution in [2.24, 2.45) is 0 Å². The first-order valence-electron chi connectivity index (χ1n) is 6.07. The van der Waals surface area contributed by atoms with Gasteiger partial charge in [0.2, 0.25) is 11.0 Å². The number of rotatable bonds is 4. The monoisotopic (exact) mass is 273 g/mol. The molecule has 1 N–H and O–H groups in total. The number of carbonyl (C=O) groups is 2. The lowest BCUT2D eigenvalue weighted by Gasteiger charge is -2.03. The summed E-state index contributed by atoms with van der Waals surface area (Å²) in [7, 11) is 0. The molecule has 0 aliphatic carbocycles. The maximum atomic E-state index is 12.0. The summed E-state index contributed by atoms with van der Waals surface area (Å²) in [5, 5.41) is 4.90. The van der Waals surface area contributed by atoms with Crippen molar-refractivity contribution in [3.05, 3.63) is 48.0 Å². The van der Waals surface area contributed by atoms with Crippen LogP contribution in [0, 0.1) is 0 Å². The predicted octanol–water partition coefficient (Wildman–Crippen LogP) is 2.85. The van der Waals surface area contributed by atoms with Crippen LogP contribution >= 0.6 is 11.8 Å². The summed E-state index contributed by atoms with van der Waals surface area (Å²) in [6.45, 7) is 1.98. The van der Waals surface area contributed by atoms with Crippen LogP contribution in [0.15, 0.2) is 42.5 Å². The fraction of sp³-hybridized carbons (Fsp3) is 0.200. The molecule has 98 valence electrons. The van der Waals surface area contributed by atoms with Crippen LogP contribution in [0.2, 0.25) is 0 Å². The van der Waals surface area contributed by atoms with Gasteiger partial charge < -0.3 is 5.32 Å². The van der Waals surface area contributed by atoms with Crippen LogP contribution in [0.1, 0.15) is 17.3 Å². The van der Waals surface area contributed by atoms with E-state index in [4.69, 9.17) is 0 Å². The molecule has 2 rings (SSSR count). The molecule has 0 spiro atoms. The number of fused-ring (bicyclic) bond motifs is 1. The lowest BCUT2D eigenvalue weighted by Crippen LogP contribution is -2.22. The molecule has 0 heterocycles. The number of thioether (sulfide) groups is 1. The Morgan fingerprint density at radius 3 is 2.58 bits per heavy atom. The fourth-order valence-corrected chi connectivity index (χ4v) is 2.45. The molecule has 0 atom stereocenters. The van der Waals surface area contributed by atoms with Crippen LogP contribution in [-0.4, -0.2) is 23.3 Å². The molecule has 2 aromatic carbocycles. The molecular formula is C15H15NO2S.